The minimum absolute atomic E-state index is 0.298. The monoisotopic (exact) mass is 271 g/mol. The van der Waals surface area contributed by atoms with Crippen molar-refractivity contribution in [3.63, 3.8) is 0 Å². The van der Waals surface area contributed by atoms with Crippen molar-refractivity contribution in [3.8, 4) is 12.3 Å². The average molecular weight is 271 g/mol. The lowest BCUT2D eigenvalue weighted by Gasteiger charge is -2.12. The number of aliphatic carboxylic acids is 1. The number of amides is 1. The molecule has 0 aliphatic heterocycles. The fourth-order valence-electron chi connectivity index (χ4n) is 1.25. The van der Waals surface area contributed by atoms with E-state index in [2.05, 4.69) is 0 Å². The highest BCUT2D eigenvalue weighted by Gasteiger charge is 2.21. The second-order valence-electron chi connectivity index (χ2n) is 3.53. The SMILES string of the molecule is C#CCC(NC(=O)c1cc(F)c(F)c(F)c1)C(=O)O. The molecule has 0 fully saturated rings. The number of carboxylic acids is 1. The van der Waals surface area contributed by atoms with Crippen LogP contribution in [0.4, 0.5) is 13.2 Å². The van der Waals surface area contributed by atoms with E-state index in [0.29, 0.717) is 12.1 Å². The molecule has 0 radical (unpaired) electrons. The van der Waals surface area contributed by atoms with Gasteiger partial charge in [-0.05, 0) is 12.1 Å². The van der Waals surface area contributed by atoms with Crippen molar-refractivity contribution < 1.29 is 27.9 Å². The van der Waals surface area contributed by atoms with Crippen LogP contribution in [0.15, 0.2) is 12.1 Å². The molecule has 4 nitrogen and oxygen atoms in total. The number of carbonyl (C=O) groups is 2. The van der Waals surface area contributed by atoms with Crippen molar-refractivity contribution in [1.82, 2.24) is 5.32 Å². The van der Waals surface area contributed by atoms with Crippen LogP contribution in [0.2, 0.25) is 0 Å². The Labute approximate surface area is 106 Å². The molecular formula is C12H8F3NO3. The molecule has 1 atom stereocenters. The van der Waals surface area contributed by atoms with Gasteiger partial charge in [-0.3, -0.25) is 4.79 Å². The Balaban J connectivity index is 2.95. The number of hydrogen-bond acceptors (Lipinski definition) is 2. The van der Waals surface area contributed by atoms with Gasteiger partial charge in [-0.15, -0.1) is 12.3 Å². The molecule has 0 bridgehead atoms. The first-order valence-corrected chi connectivity index (χ1v) is 4.98. The summed E-state index contributed by atoms with van der Waals surface area (Å²) in [5, 5.41) is 10.7. The van der Waals surface area contributed by atoms with Gasteiger partial charge in [0, 0.05) is 12.0 Å². The lowest BCUT2D eigenvalue weighted by atomic mass is 10.1. The summed E-state index contributed by atoms with van der Waals surface area (Å²) in [5.74, 6) is -5.24. The van der Waals surface area contributed by atoms with Crippen LogP contribution in [-0.4, -0.2) is 23.0 Å². The zero-order valence-corrected chi connectivity index (χ0v) is 9.41. The minimum atomic E-state index is -1.71. The van der Waals surface area contributed by atoms with Gasteiger partial charge >= 0.3 is 5.97 Å². The predicted molar refractivity (Wildman–Crippen MR) is 58.7 cm³/mol. The average Bonchev–Trinajstić information content (AvgIpc) is 2.34. The van der Waals surface area contributed by atoms with E-state index in [4.69, 9.17) is 11.5 Å². The Hall–Kier alpha value is -2.49. The number of benzene rings is 1. The first-order valence-electron chi connectivity index (χ1n) is 4.98. The fourth-order valence-corrected chi connectivity index (χ4v) is 1.25. The van der Waals surface area contributed by atoms with Crippen LogP contribution in [0, 0.1) is 29.8 Å². The van der Waals surface area contributed by atoms with E-state index in [1.165, 1.54) is 0 Å². The van der Waals surface area contributed by atoms with Crippen molar-refractivity contribution in [2.45, 2.75) is 12.5 Å². The molecule has 1 aromatic carbocycles. The number of nitrogens with one attached hydrogen (secondary N) is 1. The Morgan fingerprint density at radius 2 is 1.84 bits per heavy atom. The summed E-state index contributed by atoms with van der Waals surface area (Å²) in [5.41, 5.74) is -0.542. The van der Waals surface area contributed by atoms with E-state index in [1.807, 2.05) is 11.2 Å². The normalized spacial score (nSPS) is 11.5. The molecule has 0 saturated heterocycles. The zero-order chi connectivity index (χ0) is 14.6. The van der Waals surface area contributed by atoms with Crippen LogP contribution in [0.1, 0.15) is 16.8 Å². The number of terminal acetylenes is 1. The van der Waals surface area contributed by atoms with Crippen LogP contribution in [0.25, 0.3) is 0 Å². The maximum absolute atomic E-state index is 12.9. The second-order valence-corrected chi connectivity index (χ2v) is 3.53. The molecule has 0 heterocycles. The van der Waals surface area contributed by atoms with Gasteiger partial charge in [-0.25, -0.2) is 18.0 Å². The third-order valence-corrected chi connectivity index (χ3v) is 2.17. The van der Waals surface area contributed by atoms with E-state index in [9.17, 15) is 22.8 Å². The lowest BCUT2D eigenvalue weighted by molar-refractivity contribution is -0.139. The molecule has 100 valence electrons. The zero-order valence-electron chi connectivity index (χ0n) is 9.41. The van der Waals surface area contributed by atoms with Crippen LogP contribution < -0.4 is 5.32 Å². The summed E-state index contributed by atoms with van der Waals surface area (Å²) >= 11 is 0. The van der Waals surface area contributed by atoms with E-state index < -0.39 is 40.9 Å². The van der Waals surface area contributed by atoms with Gasteiger partial charge in [0.05, 0.1) is 0 Å². The molecule has 1 aromatic rings. The standard InChI is InChI=1S/C12H8F3NO3/c1-2-3-9(12(18)19)16-11(17)6-4-7(13)10(15)8(14)5-6/h1,4-5,9H,3H2,(H,16,17)(H,18,19). The summed E-state index contributed by atoms with van der Waals surface area (Å²) < 4.78 is 38.5. The summed E-state index contributed by atoms with van der Waals surface area (Å²) in [6.45, 7) is 0. The van der Waals surface area contributed by atoms with Crippen LogP contribution in [-0.2, 0) is 4.79 Å². The van der Waals surface area contributed by atoms with E-state index >= 15 is 0 Å². The van der Waals surface area contributed by atoms with Crippen molar-refractivity contribution >= 4 is 11.9 Å². The van der Waals surface area contributed by atoms with Gasteiger partial charge in [0.2, 0.25) is 0 Å². The van der Waals surface area contributed by atoms with Crippen LogP contribution in [0.5, 0.6) is 0 Å². The molecule has 1 unspecified atom stereocenters. The molecule has 19 heavy (non-hydrogen) atoms. The number of carbonyl (C=O) groups excluding carboxylic acids is 1. The summed E-state index contributed by atoms with van der Waals surface area (Å²) in [4.78, 5) is 22.3. The predicted octanol–water partition coefficient (Wildman–Crippen LogP) is 1.31. The lowest BCUT2D eigenvalue weighted by Crippen LogP contribution is -2.40. The van der Waals surface area contributed by atoms with E-state index in [1.54, 1.807) is 0 Å². The Morgan fingerprint density at radius 1 is 1.32 bits per heavy atom. The van der Waals surface area contributed by atoms with E-state index in [0.717, 1.165) is 0 Å². The largest absolute Gasteiger partial charge is 0.480 e. The Kier molecular flexibility index (Phi) is 4.53. The number of halogens is 3. The van der Waals surface area contributed by atoms with Gasteiger partial charge in [-0.2, -0.15) is 0 Å². The topological polar surface area (TPSA) is 66.4 Å². The van der Waals surface area contributed by atoms with Gasteiger partial charge < -0.3 is 10.4 Å². The summed E-state index contributed by atoms with van der Waals surface area (Å²) in [6, 6.07) is -0.473. The molecule has 2 N–H and O–H groups in total. The second kappa shape index (κ2) is 5.91. The molecule has 0 aromatic heterocycles. The number of carboxylic acid groups (broad SMARTS) is 1. The molecule has 1 rings (SSSR count). The summed E-state index contributed by atoms with van der Waals surface area (Å²) in [6.07, 6.45) is 4.62. The fraction of sp³-hybridized carbons (Fsp3) is 0.167. The highest BCUT2D eigenvalue weighted by atomic mass is 19.2. The maximum atomic E-state index is 12.9. The molecule has 0 saturated carbocycles. The van der Waals surface area contributed by atoms with Gasteiger partial charge in [-0.1, -0.05) is 0 Å². The van der Waals surface area contributed by atoms with Crippen molar-refractivity contribution in [2.24, 2.45) is 0 Å². The first kappa shape index (κ1) is 14.6. The molecular weight excluding hydrogens is 263 g/mol. The van der Waals surface area contributed by atoms with Crippen molar-refractivity contribution in [2.75, 3.05) is 0 Å². The maximum Gasteiger partial charge on any atom is 0.327 e. The summed E-state index contributed by atoms with van der Waals surface area (Å²) in [7, 11) is 0. The Bertz CT molecular complexity index is 543. The Morgan fingerprint density at radius 3 is 2.26 bits per heavy atom. The number of rotatable bonds is 4. The molecule has 1 amide bonds. The smallest absolute Gasteiger partial charge is 0.327 e. The van der Waals surface area contributed by atoms with Crippen molar-refractivity contribution in [3.05, 3.63) is 35.1 Å². The van der Waals surface area contributed by atoms with Crippen molar-refractivity contribution in [1.29, 1.82) is 0 Å². The minimum Gasteiger partial charge on any atom is -0.480 e. The molecule has 0 aliphatic carbocycles. The highest BCUT2D eigenvalue weighted by Crippen LogP contribution is 2.13. The van der Waals surface area contributed by atoms with Crippen LogP contribution >= 0.6 is 0 Å². The molecule has 7 heteroatoms. The van der Waals surface area contributed by atoms with Gasteiger partial charge in [0.15, 0.2) is 17.5 Å². The van der Waals surface area contributed by atoms with Gasteiger partial charge in [0.1, 0.15) is 6.04 Å². The molecule has 0 spiro atoms. The quantitative estimate of drug-likeness (QED) is 0.641. The third kappa shape index (κ3) is 3.48. The van der Waals surface area contributed by atoms with Crippen LogP contribution in [0.3, 0.4) is 0 Å². The van der Waals surface area contributed by atoms with Gasteiger partial charge in [0.25, 0.3) is 5.91 Å². The highest BCUT2D eigenvalue weighted by molar-refractivity contribution is 5.96. The van der Waals surface area contributed by atoms with E-state index in [-0.39, 0.29) is 6.42 Å². The number of hydrogen-bond donors (Lipinski definition) is 2. The molecule has 0 aliphatic rings. The third-order valence-electron chi connectivity index (χ3n) is 2.17. The first-order chi connectivity index (χ1) is 8.86.